The van der Waals surface area contributed by atoms with E-state index in [2.05, 4.69) is 0 Å². The number of anilines is 1. The number of ether oxygens (including phenoxy) is 2. The summed E-state index contributed by atoms with van der Waals surface area (Å²) in [7, 11) is -1.08. The fourth-order valence-electron chi connectivity index (χ4n) is 2.55. The molecule has 0 aromatic heterocycles. The minimum absolute atomic E-state index is 0.00269. The number of aryl methyl sites for hydroxylation is 1. The van der Waals surface area contributed by atoms with Gasteiger partial charge in [0.25, 0.3) is 15.7 Å². The van der Waals surface area contributed by atoms with Gasteiger partial charge in [0.05, 0.1) is 29.7 Å². The van der Waals surface area contributed by atoms with Crippen LogP contribution < -0.4 is 13.8 Å². The van der Waals surface area contributed by atoms with Crippen LogP contribution in [0.2, 0.25) is 0 Å². The Bertz CT molecular complexity index is 927. The van der Waals surface area contributed by atoms with Crippen molar-refractivity contribution in [2.75, 3.05) is 25.1 Å². The molecule has 0 saturated carbocycles. The van der Waals surface area contributed by atoms with Crippen LogP contribution in [0.4, 0.5) is 11.4 Å². The summed E-state index contributed by atoms with van der Waals surface area (Å²) in [5.74, 6) is 0.682. The molecule has 0 amide bonds. The third-order valence-electron chi connectivity index (χ3n) is 3.90. The van der Waals surface area contributed by atoms with Crippen LogP contribution >= 0.6 is 0 Å². The molecule has 0 N–H and O–H groups in total. The standard InChI is InChI=1S/C17H20N2O6S/c1-5-18(15-10-13(19(20)21)7-6-12(15)2)26(22,23)14-8-9-16(24-3)17(11-14)25-4/h6-11H,5H2,1-4H3. The van der Waals surface area contributed by atoms with E-state index in [1.807, 2.05) is 0 Å². The highest BCUT2D eigenvalue weighted by Crippen LogP contribution is 2.34. The molecule has 2 aromatic carbocycles. The first-order valence-electron chi connectivity index (χ1n) is 7.76. The van der Waals surface area contributed by atoms with Crippen molar-refractivity contribution in [2.24, 2.45) is 0 Å². The molecule has 0 unspecified atom stereocenters. The summed E-state index contributed by atoms with van der Waals surface area (Å²) < 4.78 is 37.7. The van der Waals surface area contributed by atoms with E-state index in [0.717, 1.165) is 4.31 Å². The topological polar surface area (TPSA) is 99.0 Å². The quantitative estimate of drug-likeness (QED) is 0.540. The Hall–Kier alpha value is -2.81. The minimum atomic E-state index is -3.95. The third-order valence-corrected chi connectivity index (χ3v) is 5.79. The number of nitro groups is 1. The van der Waals surface area contributed by atoms with E-state index in [1.165, 1.54) is 50.6 Å². The zero-order valence-corrected chi connectivity index (χ0v) is 15.7. The van der Waals surface area contributed by atoms with Gasteiger partial charge in [-0.05, 0) is 31.5 Å². The van der Waals surface area contributed by atoms with E-state index in [9.17, 15) is 18.5 Å². The number of nitrogens with zero attached hydrogens (tertiary/aromatic N) is 2. The second-order valence-corrected chi connectivity index (χ2v) is 7.28. The highest BCUT2D eigenvalue weighted by Gasteiger charge is 2.27. The smallest absolute Gasteiger partial charge is 0.271 e. The van der Waals surface area contributed by atoms with Crippen molar-refractivity contribution in [3.8, 4) is 11.5 Å². The summed E-state index contributed by atoms with van der Waals surface area (Å²) in [5.41, 5.74) is 0.699. The number of non-ortho nitro benzene ring substituents is 1. The Morgan fingerprint density at radius 1 is 1.08 bits per heavy atom. The highest BCUT2D eigenvalue weighted by molar-refractivity contribution is 7.92. The first-order valence-corrected chi connectivity index (χ1v) is 9.20. The van der Waals surface area contributed by atoms with Crippen LogP contribution in [0.25, 0.3) is 0 Å². The van der Waals surface area contributed by atoms with Crippen molar-refractivity contribution >= 4 is 21.4 Å². The summed E-state index contributed by atoms with van der Waals surface area (Å²) in [6.07, 6.45) is 0. The van der Waals surface area contributed by atoms with E-state index in [-0.39, 0.29) is 28.6 Å². The summed E-state index contributed by atoms with van der Waals surface area (Å²) in [4.78, 5) is 10.5. The van der Waals surface area contributed by atoms with Gasteiger partial charge in [-0.25, -0.2) is 8.42 Å². The Balaban J connectivity index is 2.59. The van der Waals surface area contributed by atoms with Crippen LogP contribution in [0.1, 0.15) is 12.5 Å². The molecule has 26 heavy (non-hydrogen) atoms. The van der Waals surface area contributed by atoms with Gasteiger partial charge in [-0.2, -0.15) is 0 Å². The average Bonchev–Trinajstić information content (AvgIpc) is 2.62. The van der Waals surface area contributed by atoms with Crippen LogP contribution in [-0.2, 0) is 10.0 Å². The lowest BCUT2D eigenvalue weighted by Gasteiger charge is -2.24. The number of sulfonamides is 1. The van der Waals surface area contributed by atoms with Gasteiger partial charge in [-0.15, -0.1) is 0 Å². The Kier molecular flexibility index (Phi) is 5.71. The van der Waals surface area contributed by atoms with Gasteiger partial charge < -0.3 is 9.47 Å². The van der Waals surface area contributed by atoms with Crippen LogP contribution in [-0.4, -0.2) is 34.1 Å². The Morgan fingerprint density at radius 2 is 1.73 bits per heavy atom. The maximum Gasteiger partial charge on any atom is 0.271 e. The molecule has 0 atom stereocenters. The van der Waals surface area contributed by atoms with Crippen molar-refractivity contribution in [2.45, 2.75) is 18.7 Å². The van der Waals surface area contributed by atoms with Gasteiger partial charge in [0.2, 0.25) is 0 Å². The fourth-order valence-corrected chi connectivity index (χ4v) is 4.10. The minimum Gasteiger partial charge on any atom is -0.493 e. The van der Waals surface area contributed by atoms with Crippen LogP contribution in [0.5, 0.6) is 11.5 Å². The van der Waals surface area contributed by atoms with Crippen molar-refractivity contribution in [3.63, 3.8) is 0 Å². The van der Waals surface area contributed by atoms with Gasteiger partial charge in [-0.1, -0.05) is 6.07 Å². The highest BCUT2D eigenvalue weighted by atomic mass is 32.2. The molecule has 9 heteroatoms. The molecule has 0 aliphatic heterocycles. The van der Waals surface area contributed by atoms with Crippen molar-refractivity contribution in [3.05, 3.63) is 52.1 Å². The normalized spacial score (nSPS) is 11.1. The van der Waals surface area contributed by atoms with E-state index in [4.69, 9.17) is 9.47 Å². The predicted octanol–water partition coefficient (Wildman–Crippen LogP) is 3.14. The molecule has 140 valence electrons. The summed E-state index contributed by atoms with van der Waals surface area (Å²) in [5, 5.41) is 11.1. The molecule has 0 bridgehead atoms. The molecule has 0 aliphatic rings. The molecule has 0 radical (unpaired) electrons. The third kappa shape index (κ3) is 3.57. The largest absolute Gasteiger partial charge is 0.493 e. The molecule has 0 spiro atoms. The van der Waals surface area contributed by atoms with Crippen molar-refractivity contribution < 1.29 is 22.8 Å². The van der Waals surface area contributed by atoms with E-state index in [0.29, 0.717) is 11.3 Å². The molecule has 0 saturated heterocycles. The molecule has 0 fully saturated rings. The van der Waals surface area contributed by atoms with E-state index in [1.54, 1.807) is 13.8 Å². The molecule has 8 nitrogen and oxygen atoms in total. The number of methoxy groups -OCH3 is 2. The van der Waals surface area contributed by atoms with Crippen molar-refractivity contribution in [1.29, 1.82) is 0 Å². The van der Waals surface area contributed by atoms with E-state index >= 15 is 0 Å². The van der Waals surface area contributed by atoms with Gasteiger partial charge in [-0.3, -0.25) is 14.4 Å². The lowest BCUT2D eigenvalue weighted by molar-refractivity contribution is -0.384. The summed E-state index contributed by atoms with van der Waals surface area (Å²) in [6, 6.07) is 8.41. The van der Waals surface area contributed by atoms with Crippen molar-refractivity contribution in [1.82, 2.24) is 0 Å². The monoisotopic (exact) mass is 380 g/mol. The number of nitro benzene ring substituents is 1. The lowest BCUT2D eigenvalue weighted by atomic mass is 10.2. The average molecular weight is 380 g/mol. The molecule has 2 rings (SSSR count). The van der Waals surface area contributed by atoms with Gasteiger partial charge in [0.15, 0.2) is 11.5 Å². The molecular weight excluding hydrogens is 360 g/mol. The number of hydrogen-bond acceptors (Lipinski definition) is 6. The Morgan fingerprint density at radius 3 is 2.27 bits per heavy atom. The number of hydrogen-bond donors (Lipinski definition) is 0. The first-order chi connectivity index (χ1) is 12.3. The second-order valence-electron chi connectivity index (χ2n) is 5.41. The van der Waals surface area contributed by atoms with Crippen LogP contribution in [0.15, 0.2) is 41.3 Å². The fraction of sp³-hybridized carbons (Fsp3) is 0.294. The Labute approximate surface area is 152 Å². The predicted molar refractivity (Wildman–Crippen MR) is 97.6 cm³/mol. The zero-order valence-electron chi connectivity index (χ0n) is 14.9. The van der Waals surface area contributed by atoms with Gasteiger partial charge in [0, 0.05) is 24.7 Å². The maximum atomic E-state index is 13.1. The lowest BCUT2D eigenvalue weighted by Crippen LogP contribution is -2.31. The van der Waals surface area contributed by atoms with Gasteiger partial charge in [0.1, 0.15) is 0 Å². The molecule has 0 heterocycles. The maximum absolute atomic E-state index is 13.1. The zero-order chi connectivity index (χ0) is 19.5. The molecular formula is C17H20N2O6S. The first kappa shape index (κ1) is 19.5. The molecule has 0 aliphatic carbocycles. The summed E-state index contributed by atoms with van der Waals surface area (Å²) >= 11 is 0. The number of rotatable bonds is 7. The van der Waals surface area contributed by atoms with Crippen LogP contribution in [0, 0.1) is 17.0 Å². The molecule has 2 aromatic rings. The van der Waals surface area contributed by atoms with Gasteiger partial charge >= 0.3 is 0 Å². The van der Waals surface area contributed by atoms with E-state index < -0.39 is 14.9 Å². The summed E-state index contributed by atoms with van der Waals surface area (Å²) in [6.45, 7) is 3.47. The van der Waals surface area contributed by atoms with Crippen LogP contribution in [0.3, 0.4) is 0 Å². The number of benzene rings is 2. The SMILES string of the molecule is CCN(c1cc([N+](=O)[O-])ccc1C)S(=O)(=O)c1ccc(OC)c(OC)c1. The second kappa shape index (κ2) is 7.61.